The van der Waals surface area contributed by atoms with Gasteiger partial charge in [-0.3, -0.25) is 9.59 Å². The SMILES string of the molecule is COc1ccc(CNC(=O)c2ccc(=O)[nH]n2)cc1. The maximum atomic E-state index is 11.7. The number of H-pyrrole nitrogens is 1. The lowest BCUT2D eigenvalue weighted by atomic mass is 10.2. The molecule has 19 heavy (non-hydrogen) atoms. The van der Waals surface area contributed by atoms with Crippen molar-refractivity contribution in [1.82, 2.24) is 15.5 Å². The van der Waals surface area contributed by atoms with Crippen molar-refractivity contribution in [2.24, 2.45) is 0 Å². The Balaban J connectivity index is 1.96. The zero-order chi connectivity index (χ0) is 13.7. The summed E-state index contributed by atoms with van der Waals surface area (Å²) in [6.45, 7) is 0.379. The summed E-state index contributed by atoms with van der Waals surface area (Å²) >= 11 is 0. The van der Waals surface area contributed by atoms with Gasteiger partial charge in [-0.1, -0.05) is 12.1 Å². The van der Waals surface area contributed by atoms with Crippen molar-refractivity contribution in [2.45, 2.75) is 6.54 Å². The number of hydrogen-bond donors (Lipinski definition) is 2. The van der Waals surface area contributed by atoms with Crippen molar-refractivity contribution >= 4 is 5.91 Å². The quantitative estimate of drug-likeness (QED) is 0.847. The van der Waals surface area contributed by atoms with Crippen molar-refractivity contribution < 1.29 is 9.53 Å². The Morgan fingerprint density at radius 2 is 2.00 bits per heavy atom. The second kappa shape index (κ2) is 5.81. The highest BCUT2D eigenvalue weighted by Gasteiger charge is 2.06. The molecule has 0 aliphatic heterocycles. The maximum Gasteiger partial charge on any atom is 0.271 e. The zero-order valence-electron chi connectivity index (χ0n) is 10.3. The normalized spacial score (nSPS) is 9.95. The molecule has 0 aliphatic rings. The average molecular weight is 259 g/mol. The Labute approximate surface area is 109 Å². The summed E-state index contributed by atoms with van der Waals surface area (Å²) < 4.78 is 5.04. The Kier molecular flexibility index (Phi) is 3.92. The molecule has 0 spiro atoms. The number of nitrogens with one attached hydrogen (secondary N) is 2. The van der Waals surface area contributed by atoms with Gasteiger partial charge in [-0.25, -0.2) is 5.10 Å². The number of methoxy groups -OCH3 is 1. The van der Waals surface area contributed by atoms with Gasteiger partial charge in [0.25, 0.3) is 11.5 Å². The minimum atomic E-state index is -0.341. The number of aromatic nitrogens is 2. The third kappa shape index (κ3) is 3.41. The minimum absolute atomic E-state index is 0.174. The third-order valence-electron chi connectivity index (χ3n) is 2.52. The number of aromatic amines is 1. The second-order valence-electron chi connectivity index (χ2n) is 3.84. The largest absolute Gasteiger partial charge is 0.497 e. The van der Waals surface area contributed by atoms with E-state index in [9.17, 15) is 9.59 Å². The number of rotatable bonds is 4. The number of ether oxygens (including phenoxy) is 1. The fraction of sp³-hybridized carbons (Fsp3) is 0.154. The van der Waals surface area contributed by atoms with Crippen LogP contribution in [-0.4, -0.2) is 23.2 Å². The molecule has 0 radical (unpaired) electrons. The van der Waals surface area contributed by atoms with Gasteiger partial charge in [-0.15, -0.1) is 0 Å². The highest BCUT2D eigenvalue weighted by molar-refractivity contribution is 5.91. The molecule has 0 bridgehead atoms. The van der Waals surface area contributed by atoms with Crippen LogP contribution in [0.1, 0.15) is 16.1 Å². The van der Waals surface area contributed by atoms with Crippen LogP contribution in [0.4, 0.5) is 0 Å². The van der Waals surface area contributed by atoms with E-state index in [-0.39, 0.29) is 17.2 Å². The molecule has 1 aromatic carbocycles. The summed E-state index contributed by atoms with van der Waals surface area (Å²) in [6.07, 6.45) is 0. The molecule has 6 heteroatoms. The van der Waals surface area contributed by atoms with E-state index in [1.54, 1.807) is 7.11 Å². The van der Waals surface area contributed by atoms with Gasteiger partial charge in [0.05, 0.1) is 7.11 Å². The third-order valence-corrected chi connectivity index (χ3v) is 2.52. The standard InChI is InChI=1S/C13H13N3O3/c1-19-10-4-2-9(3-5-10)8-14-13(18)11-6-7-12(17)16-15-11/h2-7H,8H2,1H3,(H,14,18)(H,16,17). The topological polar surface area (TPSA) is 84.1 Å². The van der Waals surface area contributed by atoms with Gasteiger partial charge in [-0.2, -0.15) is 5.10 Å². The van der Waals surface area contributed by atoms with E-state index in [0.717, 1.165) is 11.3 Å². The molecule has 0 saturated carbocycles. The first-order chi connectivity index (χ1) is 9.19. The van der Waals surface area contributed by atoms with Crippen molar-refractivity contribution in [2.75, 3.05) is 7.11 Å². The van der Waals surface area contributed by atoms with Gasteiger partial charge in [0.2, 0.25) is 0 Å². The maximum absolute atomic E-state index is 11.7. The number of benzene rings is 1. The Bertz CT molecular complexity index is 599. The highest BCUT2D eigenvalue weighted by atomic mass is 16.5. The first kappa shape index (κ1) is 12.8. The summed E-state index contributed by atoms with van der Waals surface area (Å²) in [4.78, 5) is 22.6. The van der Waals surface area contributed by atoms with Crippen molar-refractivity contribution in [3.63, 3.8) is 0 Å². The minimum Gasteiger partial charge on any atom is -0.497 e. The zero-order valence-corrected chi connectivity index (χ0v) is 10.3. The Hall–Kier alpha value is -2.63. The van der Waals surface area contributed by atoms with E-state index in [1.807, 2.05) is 24.3 Å². The van der Waals surface area contributed by atoms with E-state index in [1.165, 1.54) is 12.1 Å². The summed E-state index contributed by atoms with van der Waals surface area (Å²) in [5, 5.41) is 8.57. The van der Waals surface area contributed by atoms with Crippen molar-refractivity contribution in [3.8, 4) is 5.75 Å². The first-order valence-electron chi connectivity index (χ1n) is 5.66. The van der Waals surface area contributed by atoms with Crippen LogP contribution in [0.25, 0.3) is 0 Å². The Morgan fingerprint density at radius 1 is 1.26 bits per heavy atom. The molecule has 6 nitrogen and oxygen atoms in total. The molecule has 0 unspecified atom stereocenters. The number of nitrogens with zero attached hydrogens (tertiary/aromatic N) is 1. The lowest BCUT2D eigenvalue weighted by molar-refractivity contribution is 0.0945. The highest BCUT2D eigenvalue weighted by Crippen LogP contribution is 2.10. The van der Waals surface area contributed by atoms with E-state index in [4.69, 9.17) is 4.74 Å². The Morgan fingerprint density at radius 3 is 2.58 bits per heavy atom. The fourth-order valence-electron chi connectivity index (χ4n) is 1.49. The molecule has 2 aromatic rings. The van der Waals surface area contributed by atoms with Crippen molar-refractivity contribution in [3.05, 3.63) is 58.0 Å². The smallest absolute Gasteiger partial charge is 0.271 e. The average Bonchev–Trinajstić information content (AvgIpc) is 2.46. The molecule has 1 amide bonds. The van der Waals surface area contributed by atoms with E-state index in [0.29, 0.717) is 6.54 Å². The predicted molar refractivity (Wildman–Crippen MR) is 69.0 cm³/mol. The summed E-state index contributed by atoms with van der Waals surface area (Å²) in [5.74, 6) is 0.421. The number of hydrogen-bond acceptors (Lipinski definition) is 4. The van der Waals surface area contributed by atoms with Gasteiger partial charge in [0, 0.05) is 12.6 Å². The predicted octanol–water partition coefficient (Wildman–Crippen LogP) is 0.708. The van der Waals surface area contributed by atoms with Crippen LogP contribution in [-0.2, 0) is 6.54 Å². The van der Waals surface area contributed by atoms with E-state index >= 15 is 0 Å². The van der Waals surface area contributed by atoms with Crippen LogP contribution in [0.2, 0.25) is 0 Å². The molecule has 2 N–H and O–H groups in total. The van der Waals surface area contributed by atoms with Gasteiger partial charge in [0.15, 0.2) is 0 Å². The lowest BCUT2D eigenvalue weighted by Crippen LogP contribution is -2.25. The van der Waals surface area contributed by atoms with Gasteiger partial charge in [0.1, 0.15) is 11.4 Å². The molecule has 0 fully saturated rings. The molecular formula is C13H13N3O3. The van der Waals surface area contributed by atoms with Gasteiger partial charge in [-0.05, 0) is 23.8 Å². The fourth-order valence-corrected chi connectivity index (χ4v) is 1.49. The number of carbonyl (C=O) groups is 1. The summed E-state index contributed by atoms with van der Waals surface area (Å²) in [5.41, 5.74) is 0.776. The lowest BCUT2D eigenvalue weighted by Gasteiger charge is -2.05. The molecule has 1 heterocycles. The summed E-state index contributed by atoms with van der Waals surface area (Å²) in [7, 11) is 1.60. The molecule has 98 valence electrons. The number of carbonyl (C=O) groups excluding carboxylic acids is 1. The van der Waals surface area contributed by atoms with Crippen LogP contribution in [0.3, 0.4) is 0 Å². The van der Waals surface area contributed by atoms with Crippen LogP contribution in [0.15, 0.2) is 41.2 Å². The van der Waals surface area contributed by atoms with Gasteiger partial charge < -0.3 is 10.1 Å². The first-order valence-corrected chi connectivity index (χ1v) is 5.66. The summed E-state index contributed by atoms with van der Waals surface area (Å²) in [6, 6.07) is 10.00. The second-order valence-corrected chi connectivity index (χ2v) is 3.84. The van der Waals surface area contributed by atoms with E-state index in [2.05, 4.69) is 15.5 Å². The molecule has 2 rings (SSSR count). The van der Waals surface area contributed by atoms with E-state index < -0.39 is 0 Å². The van der Waals surface area contributed by atoms with Crippen LogP contribution in [0.5, 0.6) is 5.75 Å². The molecule has 0 aliphatic carbocycles. The van der Waals surface area contributed by atoms with Crippen LogP contribution < -0.4 is 15.6 Å². The number of amides is 1. The molecule has 0 atom stereocenters. The molecular weight excluding hydrogens is 246 g/mol. The monoisotopic (exact) mass is 259 g/mol. The molecule has 0 saturated heterocycles. The molecule has 1 aromatic heterocycles. The van der Waals surface area contributed by atoms with Crippen LogP contribution >= 0.6 is 0 Å². The van der Waals surface area contributed by atoms with Crippen LogP contribution in [0, 0.1) is 0 Å². The van der Waals surface area contributed by atoms with Crippen molar-refractivity contribution in [1.29, 1.82) is 0 Å². The van der Waals surface area contributed by atoms with Gasteiger partial charge >= 0.3 is 0 Å².